The Morgan fingerprint density at radius 1 is 1.45 bits per heavy atom. The first-order chi connectivity index (χ1) is 10.3. The van der Waals surface area contributed by atoms with Gasteiger partial charge in [-0.15, -0.1) is 0 Å². The maximum Gasteiger partial charge on any atom is 0.256 e. The van der Waals surface area contributed by atoms with Crippen molar-refractivity contribution in [3.8, 4) is 0 Å². The van der Waals surface area contributed by atoms with Gasteiger partial charge in [0.25, 0.3) is 5.56 Å². The third-order valence-electron chi connectivity index (χ3n) is 3.77. The molecule has 0 spiro atoms. The third kappa shape index (κ3) is 2.90. The van der Waals surface area contributed by atoms with Gasteiger partial charge < -0.3 is 20.1 Å². The smallest absolute Gasteiger partial charge is 0.256 e. The van der Waals surface area contributed by atoms with Gasteiger partial charge in [0.05, 0.1) is 30.2 Å². The predicted molar refractivity (Wildman–Crippen MR) is 81.2 cm³/mol. The SMILES string of the molecule is CC(C)(O)CNC1COCc2[nH]c(=O)c3cc(F)ccc3c21. The van der Waals surface area contributed by atoms with Gasteiger partial charge in [-0.25, -0.2) is 4.39 Å². The van der Waals surface area contributed by atoms with E-state index in [2.05, 4.69) is 10.3 Å². The normalized spacial score (nSPS) is 18.5. The fourth-order valence-electron chi connectivity index (χ4n) is 2.78. The van der Waals surface area contributed by atoms with Crippen LogP contribution in [0.15, 0.2) is 23.0 Å². The number of aromatic amines is 1. The highest BCUT2D eigenvalue weighted by atomic mass is 19.1. The number of hydrogen-bond donors (Lipinski definition) is 3. The molecule has 5 nitrogen and oxygen atoms in total. The molecule has 1 aliphatic rings. The molecular formula is C16H19FN2O3. The highest BCUT2D eigenvalue weighted by Crippen LogP contribution is 2.29. The van der Waals surface area contributed by atoms with Gasteiger partial charge in [-0.1, -0.05) is 6.07 Å². The summed E-state index contributed by atoms with van der Waals surface area (Å²) in [5.41, 5.74) is 0.426. The van der Waals surface area contributed by atoms with Crippen LogP contribution in [-0.2, 0) is 11.3 Å². The fourth-order valence-corrected chi connectivity index (χ4v) is 2.78. The van der Waals surface area contributed by atoms with Gasteiger partial charge in [0.2, 0.25) is 0 Å². The lowest BCUT2D eigenvalue weighted by Crippen LogP contribution is -2.40. The molecule has 1 aromatic carbocycles. The first-order valence-electron chi connectivity index (χ1n) is 7.23. The number of H-pyrrole nitrogens is 1. The molecule has 6 heteroatoms. The average Bonchev–Trinajstić information content (AvgIpc) is 2.44. The van der Waals surface area contributed by atoms with E-state index in [1.807, 2.05) is 0 Å². The van der Waals surface area contributed by atoms with E-state index in [-0.39, 0.29) is 11.6 Å². The monoisotopic (exact) mass is 306 g/mol. The standard InChI is InChI=1S/C16H19FN2O3/c1-16(2,21)8-18-12-6-22-7-13-14(12)10-4-3-9(17)5-11(10)15(20)19-13/h3-5,12,18,21H,6-8H2,1-2H3,(H,19,20). The quantitative estimate of drug-likeness (QED) is 0.805. The van der Waals surface area contributed by atoms with Gasteiger partial charge in [-0.2, -0.15) is 0 Å². The van der Waals surface area contributed by atoms with Crippen LogP contribution >= 0.6 is 0 Å². The number of fused-ring (bicyclic) bond motifs is 3. The minimum atomic E-state index is -0.859. The van der Waals surface area contributed by atoms with Crippen LogP contribution in [0.3, 0.4) is 0 Å². The Balaban J connectivity index is 2.10. The molecule has 1 atom stereocenters. The second-order valence-corrected chi connectivity index (χ2v) is 6.30. The number of pyridine rings is 1. The zero-order valence-electron chi connectivity index (χ0n) is 12.6. The molecule has 2 aromatic rings. The number of aromatic nitrogens is 1. The van der Waals surface area contributed by atoms with Crippen molar-refractivity contribution >= 4 is 10.8 Å². The molecule has 1 unspecified atom stereocenters. The summed E-state index contributed by atoms with van der Waals surface area (Å²) in [6.07, 6.45) is 0. The number of nitrogens with one attached hydrogen (secondary N) is 2. The molecule has 3 rings (SSSR count). The van der Waals surface area contributed by atoms with Gasteiger partial charge in [0.1, 0.15) is 5.82 Å². The highest BCUT2D eigenvalue weighted by Gasteiger charge is 2.26. The minimum Gasteiger partial charge on any atom is -0.389 e. The summed E-state index contributed by atoms with van der Waals surface area (Å²) in [6.45, 7) is 4.55. The van der Waals surface area contributed by atoms with Crippen molar-refractivity contribution < 1.29 is 14.2 Å². The second-order valence-electron chi connectivity index (χ2n) is 6.30. The molecule has 2 heterocycles. The topological polar surface area (TPSA) is 74.3 Å². The third-order valence-corrected chi connectivity index (χ3v) is 3.77. The molecule has 0 saturated carbocycles. The number of ether oxygens (including phenoxy) is 1. The Kier molecular flexibility index (Phi) is 3.76. The lowest BCUT2D eigenvalue weighted by atomic mass is 9.96. The highest BCUT2D eigenvalue weighted by molar-refractivity contribution is 5.86. The van der Waals surface area contributed by atoms with E-state index in [1.165, 1.54) is 12.1 Å². The Hall–Kier alpha value is -1.76. The number of rotatable bonds is 3. The van der Waals surface area contributed by atoms with Gasteiger partial charge >= 0.3 is 0 Å². The molecule has 1 aliphatic heterocycles. The lowest BCUT2D eigenvalue weighted by Gasteiger charge is -2.30. The number of halogens is 1. The predicted octanol–water partition coefficient (Wildman–Crippen LogP) is 1.60. The summed E-state index contributed by atoms with van der Waals surface area (Å²) in [5.74, 6) is -0.439. The van der Waals surface area contributed by atoms with Crippen LogP contribution in [0.2, 0.25) is 0 Å². The Bertz CT molecular complexity index is 764. The largest absolute Gasteiger partial charge is 0.389 e. The molecular weight excluding hydrogens is 287 g/mol. The van der Waals surface area contributed by atoms with E-state index >= 15 is 0 Å². The maximum atomic E-state index is 13.4. The van der Waals surface area contributed by atoms with Crippen molar-refractivity contribution in [3.05, 3.63) is 45.6 Å². The van der Waals surface area contributed by atoms with Crippen LogP contribution < -0.4 is 10.9 Å². The van der Waals surface area contributed by atoms with E-state index in [1.54, 1.807) is 19.9 Å². The molecule has 0 aliphatic carbocycles. The van der Waals surface area contributed by atoms with Crippen molar-refractivity contribution in [1.29, 1.82) is 0 Å². The Morgan fingerprint density at radius 3 is 2.95 bits per heavy atom. The number of benzene rings is 1. The van der Waals surface area contributed by atoms with Gasteiger partial charge in [-0.3, -0.25) is 4.79 Å². The van der Waals surface area contributed by atoms with Crippen LogP contribution in [0, 0.1) is 5.82 Å². The first-order valence-corrected chi connectivity index (χ1v) is 7.23. The van der Waals surface area contributed by atoms with Gasteiger partial charge in [0.15, 0.2) is 0 Å². The van der Waals surface area contributed by atoms with Crippen molar-refractivity contribution in [3.63, 3.8) is 0 Å². The summed E-state index contributed by atoms with van der Waals surface area (Å²) in [7, 11) is 0. The van der Waals surface area contributed by atoms with E-state index in [9.17, 15) is 14.3 Å². The molecule has 0 radical (unpaired) electrons. The summed E-state index contributed by atoms with van der Waals surface area (Å²) < 4.78 is 18.9. The number of aliphatic hydroxyl groups is 1. The molecule has 1 aromatic heterocycles. The molecule has 0 amide bonds. The molecule has 0 bridgehead atoms. The van der Waals surface area contributed by atoms with E-state index in [0.29, 0.717) is 30.8 Å². The first kappa shape index (κ1) is 15.1. The Morgan fingerprint density at radius 2 is 2.23 bits per heavy atom. The van der Waals surface area contributed by atoms with Crippen LogP contribution in [0.25, 0.3) is 10.8 Å². The van der Waals surface area contributed by atoms with Gasteiger partial charge in [-0.05, 0) is 31.4 Å². The van der Waals surface area contributed by atoms with Crippen molar-refractivity contribution in [2.45, 2.75) is 32.1 Å². The lowest BCUT2D eigenvalue weighted by molar-refractivity contribution is 0.0515. The summed E-state index contributed by atoms with van der Waals surface area (Å²) in [6, 6.07) is 4.06. The van der Waals surface area contributed by atoms with Gasteiger partial charge in [0, 0.05) is 17.8 Å². The van der Waals surface area contributed by atoms with Crippen LogP contribution in [0.5, 0.6) is 0 Å². The minimum absolute atomic E-state index is 0.167. The van der Waals surface area contributed by atoms with Crippen molar-refractivity contribution in [2.75, 3.05) is 13.2 Å². The zero-order valence-corrected chi connectivity index (χ0v) is 12.6. The Labute approximate surface area is 127 Å². The fraction of sp³-hybridized carbons (Fsp3) is 0.438. The summed E-state index contributed by atoms with van der Waals surface area (Å²) in [4.78, 5) is 14.9. The molecule has 0 saturated heterocycles. The van der Waals surface area contributed by atoms with E-state index in [0.717, 1.165) is 10.9 Å². The van der Waals surface area contributed by atoms with E-state index < -0.39 is 11.4 Å². The summed E-state index contributed by atoms with van der Waals surface area (Å²) >= 11 is 0. The van der Waals surface area contributed by atoms with Crippen LogP contribution in [-0.4, -0.2) is 28.8 Å². The molecule has 0 fully saturated rings. The van der Waals surface area contributed by atoms with E-state index in [4.69, 9.17) is 4.74 Å². The van der Waals surface area contributed by atoms with Crippen LogP contribution in [0.1, 0.15) is 31.1 Å². The second kappa shape index (κ2) is 5.46. The molecule has 22 heavy (non-hydrogen) atoms. The molecule has 3 N–H and O–H groups in total. The van der Waals surface area contributed by atoms with Crippen molar-refractivity contribution in [1.82, 2.24) is 10.3 Å². The van der Waals surface area contributed by atoms with Crippen LogP contribution in [0.4, 0.5) is 4.39 Å². The van der Waals surface area contributed by atoms with Crippen molar-refractivity contribution in [2.24, 2.45) is 0 Å². The zero-order chi connectivity index (χ0) is 15.9. The molecule has 118 valence electrons. The summed E-state index contributed by atoms with van der Waals surface area (Å²) in [5, 5.41) is 14.2. The maximum absolute atomic E-state index is 13.4. The number of hydrogen-bond acceptors (Lipinski definition) is 4. The average molecular weight is 306 g/mol.